The van der Waals surface area contributed by atoms with Gasteiger partial charge in [-0.05, 0) is 35.0 Å². The van der Waals surface area contributed by atoms with Gasteiger partial charge in [0.25, 0.3) is 0 Å². The van der Waals surface area contributed by atoms with E-state index in [1.807, 2.05) is 19.1 Å². The van der Waals surface area contributed by atoms with Crippen molar-refractivity contribution in [3.63, 3.8) is 0 Å². The Hall–Kier alpha value is -0.0800. The lowest BCUT2D eigenvalue weighted by molar-refractivity contribution is 0.993. The summed E-state index contributed by atoms with van der Waals surface area (Å²) < 4.78 is 0.980. The molecule has 0 aliphatic carbocycles. The molecule has 0 bridgehead atoms. The molecule has 54 valence electrons. The summed E-state index contributed by atoms with van der Waals surface area (Å²) in [6, 6.07) is 3.84. The van der Waals surface area contributed by atoms with Crippen molar-refractivity contribution in [2.24, 2.45) is 0 Å². The van der Waals surface area contributed by atoms with Crippen molar-refractivity contribution in [2.75, 3.05) is 0 Å². The van der Waals surface area contributed by atoms with Crippen LogP contribution in [0.15, 0.2) is 22.8 Å². The maximum atomic E-state index is 5.78. The van der Waals surface area contributed by atoms with Crippen LogP contribution in [0, 0.1) is 0 Å². The minimum Gasteiger partial charge on any atom is -0.259 e. The summed E-state index contributed by atoms with van der Waals surface area (Å²) in [6.45, 7) is 1.90. The molecule has 0 aromatic carbocycles. The first-order valence-electron chi connectivity index (χ1n) is 2.95. The SMILES string of the molecule is C[C@@H](Cl)c1ccc(Br)cn1. The Labute approximate surface area is 73.6 Å². The highest BCUT2D eigenvalue weighted by Gasteiger charge is 2.00. The van der Waals surface area contributed by atoms with Crippen LogP contribution < -0.4 is 0 Å². The molecule has 0 spiro atoms. The first-order chi connectivity index (χ1) is 4.70. The third-order valence-electron chi connectivity index (χ3n) is 1.16. The highest BCUT2D eigenvalue weighted by Crippen LogP contribution is 2.17. The van der Waals surface area contributed by atoms with Gasteiger partial charge in [-0.3, -0.25) is 4.98 Å². The average molecular weight is 220 g/mol. The van der Waals surface area contributed by atoms with Gasteiger partial charge in [-0.1, -0.05) is 0 Å². The Morgan fingerprint density at radius 1 is 1.60 bits per heavy atom. The number of rotatable bonds is 1. The van der Waals surface area contributed by atoms with Crippen LogP contribution in [0.2, 0.25) is 0 Å². The van der Waals surface area contributed by atoms with Crippen LogP contribution in [0.25, 0.3) is 0 Å². The van der Waals surface area contributed by atoms with Crippen LogP contribution in [0.3, 0.4) is 0 Å². The number of pyridine rings is 1. The predicted octanol–water partition coefficient (Wildman–Crippen LogP) is 3.14. The van der Waals surface area contributed by atoms with E-state index in [-0.39, 0.29) is 5.38 Å². The van der Waals surface area contributed by atoms with Crippen LogP contribution in [-0.4, -0.2) is 4.98 Å². The van der Waals surface area contributed by atoms with Crippen molar-refractivity contribution in [1.82, 2.24) is 4.98 Å². The van der Waals surface area contributed by atoms with Crippen molar-refractivity contribution in [2.45, 2.75) is 12.3 Å². The molecule has 0 radical (unpaired) electrons. The van der Waals surface area contributed by atoms with Crippen LogP contribution >= 0.6 is 27.5 Å². The van der Waals surface area contributed by atoms with Crippen LogP contribution in [0.1, 0.15) is 18.0 Å². The van der Waals surface area contributed by atoms with Gasteiger partial charge in [-0.15, -0.1) is 11.6 Å². The Kier molecular flexibility index (Phi) is 2.69. The monoisotopic (exact) mass is 219 g/mol. The third kappa shape index (κ3) is 1.96. The van der Waals surface area contributed by atoms with Gasteiger partial charge in [0.2, 0.25) is 0 Å². The third-order valence-corrected chi connectivity index (χ3v) is 1.85. The summed E-state index contributed by atoms with van der Waals surface area (Å²) in [5.74, 6) is 0. The highest BCUT2D eigenvalue weighted by molar-refractivity contribution is 9.10. The van der Waals surface area contributed by atoms with Gasteiger partial charge in [-0.2, -0.15) is 0 Å². The first kappa shape index (κ1) is 8.02. The van der Waals surface area contributed by atoms with E-state index in [9.17, 15) is 0 Å². The molecule has 0 saturated carbocycles. The topological polar surface area (TPSA) is 12.9 Å². The molecule has 1 rings (SSSR count). The minimum atomic E-state index is -0.00639. The number of halogens is 2. The Balaban J connectivity index is 2.89. The van der Waals surface area contributed by atoms with Gasteiger partial charge < -0.3 is 0 Å². The van der Waals surface area contributed by atoms with Crippen molar-refractivity contribution in [3.05, 3.63) is 28.5 Å². The summed E-state index contributed by atoms with van der Waals surface area (Å²) in [5, 5.41) is -0.00639. The molecular formula is C7H7BrClN. The highest BCUT2D eigenvalue weighted by atomic mass is 79.9. The summed E-state index contributed by atoms with van der Waals surface area (Å²) in [7, 11) is 0. The fourth-order valence-electron chi connectivity index (χ4n) is 0.623. The van der Waals surface area contributed by atoms with E-state index in [4.69, 9.17) is 11.6 Å². The van der Waals surface area contributed by atoms with Crippen LogP contribution in [0.5, 0.6) is 0 Å². The fourth-order valence-corrected chi connectivity index (χ4v) is 0.986. The molecule has 1 aromatic heterocycles. The lowest BCUT2D eigenvalue weighted by Crippen LogP contribution is -1.87. The molecule has 0 unspecified atom stereocenters. The molecule has 0 amide bonds. The van der Waals surface area contributed by atoms with Crippen molar-refractivity contribution >= 4 is 27.5 Å². The zero-order chi connectivity index (χ0) is 7.56. The second-order valence-electron chi connectivity index (χ2n) is 2.02. The van der Waals surface area contributed by atoms with Gasteiger partial charge in [0.15, 0.2) is 0 Å². The van der Waals surface area contributed by atoms with E-state index in [2.05, 4.69) is 20.9 Å². The molecule has 0 fully saturated rings. The molecule has 0 aliphatic rings. The van der Waals surface area contributed by atoms with Gasteiger partial charge >= 0.3 is 0 Å². The Bertz CT molecular complexity index is 207. The van der Waals surface area contributed by atoms with Gasteiger partial charge in [-0.25, -0.2) is 0 Å². The number of hydrogen-bond donors (Lipinski definition) is 0. The van der Waals surface area contributed by atoms with Gasteiger partial charge in [0, 0.05) is 10.7 Å². The molecule has 3 heteroatoms. The van der Waals surface area contributed by atoms with E-state index < -0.39 is 0 Å². The number of alkyl halides is 1. The number of aromatic nitrogens is 1. The summed E-state index contributed by atoms with van der Waals surface area (Å²) in [5.41, 5.74) is 0.907. The maximum Gasteiger partial charge on any atom is 0.0729 e. The molecule has 0 saturated heterocycles. The van der Waals surface area contributed by atoms with Crippen LogP contribution in [-0.2, 0) is 0 Å². The summed E-state index contributed by atoms with van der Waals surface area (Å²) in [6.07, 6.45) is 1.74. The minimum absolute atomic E-state index is 0.00639. The lowest BCUT2D eigenvalue weighted by atomic mass is 10.3. The van der Waals surface area contributed by atoms with E-state index in [1.165, 1.54) is 0 Å². The predicted molar refractivity (Wildman–Crippen MR) is 46.2 cm³/mol. The van der Waals surface area contributed by atoms with Crippen molar-refractivity contribution in [3.8, 4) is 0 Å². The quantitative estimate of drug-likeness (QED) is 0.663. The molecule has 1 atom stereocenters. The van der Waals surface area contributed by atoms with Gasteiger partial charge in [0.05, 0.1) is 11.1 Å². The average Bonchev–Trinajstić information content (AvgIpc) is 1.88. The zero-order valence-corrected chi connectivity index (χ0v) is 7.85. The van der Waals surface area contributed by atoms with E-state index in [0.717, 1.165) is 10.2 Å². The molecular weight excluding hydrogens is 213 g/mol. The molecule has 0 N–H and O–H groups in total. The number of nitrogens with zero attached hydrogens (tertiary/aromatic N) is 1. The number of hydrogen-bond acceptors (Lipinski definition) is 1. The van der Waals surface area contributed by atoms with Crippen molar-refractivity contribution in [1.29, 1.82) is 0 Å². The normalized spacial score (nSPS) is 13.1. The fraction of sp³-hybridized carbons (Fsp3) is 0.286. The largest absolute Gasteiger partial charge is 0.259 e. The van der Waals surface area contributed by atoms with Crippen LogP contribution in [0.4, 0.5) is 0 Å². The van der Waals surface area contributed by atoms with E-state index >= 15 is 0 Å². The second kappa shape index (κ2) is 3.35. The zero-order valence-electron chi connectivity index (χ0n) is 5.51. The maximum absolute atomic E-state index is 5.78. The lowest BCUT2D eigenvalue weighted by Gasteiger charge is -1.99. The summed E-state index contributed by atoms with van der Waals surface area (Å²) in [4.78, 5) is 4.10. The van der Waals surface area contributed by atoms with Crippen molar-refractivity contribution < 1.29 is 0 Å². The van der Waals surface area contributed by atoms with E-state index in [0.29, 0.717) is 0 Å². The smallest absolute Gasteiger partial charge is 0.0729 e. The first-order valence-corrected chi connectivity index (χ1v) is 4.18. The standard InChI is InChI=1S/C7H7BrClN/c1-5(9)7-3-2-6(8)4-10-7/h2-5H,1H3/t5-/m1/s1. The molecule has 1 nitrogen and oxygen atoms in total. The Morgan fingerprint density at radius 3 is 2.70 bits per heavy atom. The van der Waals surface area contributed by atoms with E-state index in [1.54, 1.807) is 6.20 Å². The molecule has 1 aromatic rings. The summed E-state index contributed by atoms with van der Waals surface area (Å²) >= 11 is 9.07. The van der Waals surface area contributed by atoms with Gasteiger partial charge in [0.1, 0.15) is 0 Å². The second-order valence-corrected chi connectivity index (χ2v) is 3.59. The molecule has 0 aliphatic heterocycles. The Morgan fingerprint density at radius 2 is 2.30 bits per heavy atom. The molecule has 1 heterocycles. The molecule has 10 heavy (non-hydrogen) atoms.